The zero-order valence-corrected chi connectivity index (χ0v) is 21.0. The van der Waals surface area contributed by atoms with Gasteiger partial charge in [0, 0.05) is 69.0 Å². The SMILES string of the molecule is CC(=O)N1CCC(n2nc(N3CCCc4cc(C(=O)O)c(C(F)F)cc43)c3c2CCN(C(C)=O)C3)CC1. The lowest BCUT2D eigenvalue weighted by molar-refractivity contribution is -0.130. The predicted molar refractivity (Wildman–Crippen MR) is 131 cm³/mol. The number of aromatic carboxylic acids is 1. The number of benzene rings is 1. The number of fused-ring (bicyclic) bond motifs is 2. The Morgan fingerprint density at radius 1 is 1.00 bits per heavy atom. The van der Waals surface area contributed by atoms with Gasteiger partial charge >= 0.3 is 5.97 Å². The number of hydrogen-bond acceptors (Lipinski definition) is 5. The van der Waals surface area contributed by atoms with Crippen LogP contribution >= 0.6 is 0 Å². The molecule has 3 aliphatic heterocycles. The summed E-state index contributed by atoms with van der Waals surface area (Å²) in [7, 11) is 0. The molecule has 0 radical (unpaired) electrons. The summed E-state index contributed by atoms with van der Waals surface area (Å²) >= 11 is 0. The molecule has 1 N–H and O–H groups in total. The zero-order chi connectivity index (χ0) is 26.4. The Morgan fingerprint density at radius 3 is 2.32 bits per heavy atom. The fraction of sp³-hybridized carbons (Fsp3) is 0.538. The Hall–Kier alpha value is -3.50. The van der Waals surface area contributed by atoms with Crippen LogP contribution in [0.2, 0.25) is 0 Å². The van der Waals surface area contributed by atoms with Crippen molar-refractivity contribution in [3.63, 3.8) is 0 Å². The van der Waals surface area contributed by atoms with Gasteiger partial charge in [0.15, 0.2) is 5.82 Å². The number of piperidine rings is 1. The van der Waals surface area contributed by atoms with Crippen molar-refractivity contribution in [2.75, 3.05) is 31.1 Å². The van der Waals surface area contributed by atoms with Gasteiger partial charge in [0.25, 0.3) is 6.43 Å². The average Bonchev–Trinajstić information content (AvgIpc) is 3.26. The van der Waals surface area contributed by atoms with Crippen LogP contribution in [0.25, 0.3) is 0 Å². The van der Waals surface area contributed by atoms with E-state index in [-0.39, 0.29) is 23.4 Å². The highest BCUT2D eigenvalue weighted by atomic mass is 19.3. The van der Waals surface area contributed by atoms with Crippen molar-refractivity contribution >= 4 is 29.3 Å². The number of carboxylic acid groups (broad SMARTS) is 1. The highest BCUT2D eigenvalue weighted by molar-refractivity contribution is 5.91. The number of anilines is 2. The van der Waals surface area contributed by atoms with Crippen LogP contribution in [-0.4, -0.2) is 68.6 Å². The van der Waals surface area contributed by atoms with Gasteiger partial charge < -0.3 is 19.8 Å². The summed E-state index contributed by atoms with van der Waals surface area (Å²) in [5, 5.41) is 14.5. The topological polar surface area (TPSA) is 99.0 Å². The van der Waals surface area contributed by atoms with E-state index < -0.39 is 18.0 Å². The molecule has 198 valence electrons. The quantitative estimate of drug-likeness (QED) is 0.667. The van der Waals surface area contributed by atoms with Gasteiger partial charge in [-0.15, -0.1) is 0 Å². The highest BCUT2D eigenvalue weighted by Gasteiger charge is 2.35. The molecule has 4 heterocycles. The zero-order valence-electron chi connectivity index (χ0n) is 21.0. The Morgan fingerprint density at radius 2 is 1.70 bits per heavy atom. The van der Waals surface area contributed by atoms with Crippen molar-refractivity contribution in [1.82, 2.24) is 19.6 Å². The molecular formula is C26H31F2N5O4. The normalized spacial score (nSPS) is 18.1. The first-order chi connectivity index (χ1) is 17.7. The lowest BCUT2D eigenvalue weighted by Gasteiger charge is -2.33. The standard InChI is InChI=1S/C26H31F2N5O4/c1-15(34)30-9-5-18(6-10-30)33-22-7-11-31(16(2)35)14-21(22)25(29-33)32-8-3-4-17-12-20(26(36)37)19(24(27)28)13-23(17)32/h12-13,18,24H,3-11,14H2,1-2H3,(H,36,37). The summed E-state index contributed by atoms with van der Waals surface area (Å²) in [4.78, 5) is 41.2. The van der Waals surface area contributed by atoms with E-state index in [1.165, 1.54) is 19.1 Å². The Balaban J connectivity index is 1.59. The van der Waals surface area contributed by atoms with Crippen LogP contribution in [0.4, 0.5) is 20.3 Å². The number of carbonyl (C=O) groups excluding carboxylic acids is 2. The molecule has 0 bridgehead atoms. The number of hydrogen-bond donors (Lipinski definition) is 1. The number of alkyl halides is 2. The molecule has 3 aliphatic rings. The van der Waals surface area contributed by atoms with Gasteiger partial charge in [0.2, 0.25) is 11.8 Å². The molecule has 1 saturated heterocycles. The summed E-state index contributed by atoms with van der Waals surface area (Å²) in [6.07, 6.45) is 0.535. The molecule has 2 aromatic rings. The Labute approximate surface area is 213 Å². The number of carboxylic acids is 1. The number of aryl methyl sites for hydroxylation is 1. The fourth-order valence-corrected chi connectivity index (χ4v) is 5.88. The van der Waals surface area contributed by atoms with Crippen LogP contribution in [0, 0.1) is 0 Å². The average molecular weight is 516 g/mol. The molecule has 1 aromatic carbocycles. The van der Waals surface area contributed by atoms with E-state index in [2.05, 4.69) is 0 Å². The second-order valence-corrected chi connectivity index (χ2v) is 10.1. The number of likely N-dealkylation sites (tertiary alicyclic amines) is 1. The summed E-state index contributed by atoms with van der Waals surface area (Å²) < 4.78 is 29.8. The third-order valence-electron chi connectivity index (χ3n) is 7.86. The number of rotatable bonds is 4. The van der Waals surface area contributed by atoms with Gasteiger partial charge in [-0.05, 0) is 43.4 Å². The van der Waals surface area contributed by atoms with Crippen molar-refractivity contribution in [2.45, 2.75) is 65.0 Å². The maximum atomic E-state index is 13.9. The van der Waals surface area contributed by atoms with Gasteiger partial charge in [0.1, 0.15) is 0 Å². The van der Waals surface area contributed by atoms with Crippen molar-refractivity contribution < 1.29 is 28.3 Å². The maximum Gasteiger partial charge on any atom is 0.336 e. The summed E-state index contributed by atoms with van der Waals surface area (Å²) in [5.41, 5.74) is 2.31. The molecule has 0 aliphatic carbocycles. The molecule has 2 amide bonds. The van der Waals surface area contributed by atoms with Crippen LogP contribution in [0.5, 0.6) is 0 Å². The minimum absolute atomic E-state index is 0.0377. The van der Waals surface area contributed by atoms with Crippen LogP contribution in [0.3, 0.4) is 0 Å². The van der Waals surface area contributed by atoms with Gasteiger partial charge in [-0.1, -0.05) is 0 Å². The van der Waals surface area contributed by atoms with Crippen molar-refractivity contribution in [1.29, 1.82) is 0 Å². The molecule has 0 unspecified atom stereocenters. The van der Waals surface area contributed by atoms with E-state index >= 15 is 0 Å². The second kappa shape index (κ2) is 9.75. The van der Waals surface area contributed by atoms with Crippen molar-refractivity contribution in [3.05, 3.63) is 40.1 Å². The number of nitrogens with zero attached hydrogens (tertiary/aromatic N) is 5. The van der Waals surface area contributed by atoms with E-state index in [1.807, 2.05) is 14.5 Å². The van der Waals surface area contributed by atoms with Crippen LogP contribution in [-0.2, 0) is 29.0 Å². The van der Waals surface area contributed by atoms with E-state index in [0.717, 1.165) is 30.5 Å². The Bertz CT molecular complexity index is 1250. The van der Waals surface area contributed by atoms with Crippen molar-refractivity contribution in [2.24, 2.45) is 0 Å². The molecule has 0 atom stereocenters. The monoisotopic (exact) mass is 515 g/mol. The first kappa shape index (κ1) is 25.2. The highest BCUT2D eigenvalue weighted by Crippen LogP contribution is 2.41. The fourth-order valence-electron chi connectivity index (χ4n) is 5.88. The molecule has 1 fully saturated rings. The van der Waals surface area contributed by atoms with E-state index in [1.54, 1.807) is 11.8 Å². The van der Waals surface area contributed by atoms with E-state index in [9.17, 15) is 28.3 Å². The lowest BCUT2D eigenvalue weighted by Crippen LogP contribution is -2.39. The van der Waals surface area contributed by atoms with Gasteiger partial charge in [0.05, 0.1) is 18.2 Å². The molecule has 1 aromatic heterocycles. The van der Waals surface area contributed by atoms with Crippen molar-refractivity contribution in [3.8, 4) is 0 Å². The van der Waals surface area contributed by atoms with Crippen LogP contribution in [0.1, 0.15) is 78.3 Å². The predicted octanol–water partition coefficient (Wildman–Crippen LogP) is 3.69. The lowest BCUT2D eigenvalue weighted by atomic mass is 9.95. The van der Waals surface area contributed by atoms with E-state index in [0.29, 0.717) is 62.6 Å². The first-order valence-electron chi connectivity index (χ1n) is 12.7. The summed E-state index contributed by atoms with van der Waals surface area (Å²) in [6, 6.07) is 2.76. The van der Waals surface area contributed by atoms with Crippen LogP contribution < -0.4 is 4.90 Å². The van der Waals surface area contributed by atoms with Crippen LogP contribution in [0.15, 0.2) is 12.1 Å². The molecule has 37 heavy (non-hydrogen) atoms. The summed E-state index contributed by atoms with van der Waals surface area (Å²) in [6.45, 7) is 5.90. The van der Waals surface area contributed by atoms with E-state index in [4.69, 9.17) is 5.10 Å². The number of carbonyl (C=O) groups is 3. The molecule has 9 nitrogen and oxygen atoms in total. The minimum Gasteiger partial charge on any atom is -0.478 e. The molecule has 0 spiro atoms. The second-order valence-electron chi connectivity index (χ2n) is 10.1. The smallest absolute Gasteiger partial charge is 0.336 e. The van der Waals surface area contributed by atoms with Gasteiger partial charge in [-0.25, -0.2) is 13.6 Å². The van der Waals surface area contributed by atoms with Gasteiger partial charge in [-0.2, -0.15) is 5.10 Å². The first-order valence-corrected chi connectivity index (χ1v) is 12.7. The number of aromatic nitrogens is 2. The minimum atomic E-state index is -2.92. The summed E-state index contributed by atoms with van der Waals surface area (Å²) in [5.74, 6) is -0.714. The third-order valence-corrected chi connectivity index (χ3v) is 7.86. The third kappa shape index (κ3) is 4.55. The molecule has 5 rings (SSSR count). The van der Waals surface area contributed by atoms with Gasteiger partial charge in [-0.3, -0.25) is 14.3 Å². The molecule has 11 heteroatoms. The molecule has 0 saturated carbocycles. The number of halogens is 2. The maximum absolute atomic E-state index is 13.9. The number of amides is 2. The largest absolute Gasteiger partial charge is 0.478 e. The Kier molecular flexibility index (Phi) is 6.63. The molecular weight excluding hydrogens is 484 g/mol.